The molecular formula is C23H21N3O3S. The fourth-order valence-electron chi connectivity index (χ4n) is 3.13. The normalized spacial score (nSPS) is 10.7. The summed E-state index contributed by atoms with van der Waals surface area (Å²) in [5.74, 6) is 1.13. The van der Waals surface area contributed by atoms with Gasteiger partial charge in [0.2, 0.25) is 0 Å². The van der Waals surface area contributed by atoms with Gasteiger partial charge in [-0.1, -0.05) is 29.5 Å². The molecule has 4 rings (SSSR count). The number of hydrogen-bond donors (Lipinski definition) is 0. The Kier molecular flexibility index (Phi) is 5.90. The highest BCUT2D eigenvalue weighted by atomic mass is 32.1. The molecule has 4 aromatic rings. The molecule has 152 valence electrons. The quantitative estimate of drug-likeness (QED) is 0.424. The van der Waals surface area contributed by atoms with Crippen LogP contribution in [0, 0.1) is 0 Å². The van der Waals surface area contributed by atoms with E-state index in [1.165, 1.54) is 11.3 Å². The maximum Gasteiger partial charge on any atom is 0.264 e. The van der Waals surface area contributed by atoms with Crippen molar-refractivity contribution in [3.8, 4) is 11.5 Å². The standard InChI is InChI=1S/C23H21N3O3S/c1-3-29-17-10-11-19-21(13-17)30-23(25-19)26(15-16-7-6-12-24-14-16)22(27)18-8-4-5-9-20(18)28-2/h4-14H,3,15H2,1-2H3. The number of carbonyl (C=O) groups excluding carboxylic acids is 1. The van der Waals surface area contributed by atoms with Crippen molar-refractivity contribution in [1.29, 1.82) is 0 Å². The number of nitrogens with zero attached hydrogens (tertiary/aromatic N) is 3. The molecule has 0 radical (unpaired) electrons. The number of ether oxygens (including phenoxy) is 2. The molecule has 0 saturated carbocycles. The lowest BCUT2D eigenvalue weighted by Crippen LogP contribution is -2.30. The molecule has 7 heteroatoms. The Bertz CT molecular complexity index is 1160. The van der Waals surface area contributed by atoms with Crippen LogP contribution < -0.4 is 14.4 Å². The first-order valence-electron chi connectivity index (χ1n) is 9.56. The van der Waals surface area contributed by atoms with Gasteiger partial charge in [0.05, 0.1) is 36.0 Å². The van der Waals surface area contributed by atoms with Gasteiger partial charge in [-0.2, -0.15) is 0 Å². The molecule has 0 atom stereocenters. The van der Waals surface area contributed by atoms with E-state index in [0.717, 1.165) is 21.5 Å². The second kappa shape index (κ2) is 8.92. The third-order valence-electron chi connectivity index (χ3n) is 4.54. The second-order valence-corrected chi connectivity index (χ2v) is 7.52. The van der Waals surface area contributed by atoms with Crippen molar-refractivity contribution in [2.24, 2.45) is 0 Å². The van der Waals surface area contributed by atoms with Crippen LogP contribution in [0.15, 0.2) is 67.0 Å². The van der Waals surface area contributed by atoms with E-state index in [1.54, 1.807) is 36.5 Å². The molecule has 1 amide bonds. The van der Waals surface area contributed by atoms with Crippen molar-refractivity contribution in [3.05, 3.63) is 78.1 Å². The first-order chi connectivity index (χ1) is 14.7. The van der Waals surface area contributed by atoms with Crippen LogP contribution in [0.1, 0.15) is 22.8 Å². The highest BCUT2D eigenvalue weighted by Gasteiger charge is 2.24. The summed E-state index contributed by atoms with van der Waals surface area (Å²) in [7, 11) is 1.56. The Labute approximate surface area is 178 Å². The monoisotopic (exact) mass is 419 g/mol. The van der Waals surface area contributed by atoms with Gasteiger partial charge in [-0.3, -0.25) is 14.7 Å². The van der Waals surface area contributed by atoms with Gasteiger partial charge >= 0.3 is 0 Å². The summed E-state index contributed by atoms with van der Waals surface area (Å²) in [4.78, 5) is 24.1. The maximum atomic E-state index is 13.5. The lowest BCUT2D eigenvalue weighted by Gasteiger charge is -2.21. The minimum absolute atomic E-state index is 0.180. The zero-order valence-electron chi connectivity index (χ0n) is 16.7. The maximum absolute atomic E-state index is 13.5. The zero-order valence-corrected chi connectivity index (χ0v) is 17.6. The van der Waals surface area contributed by atoms with E-state index in [1.807, 2.05) is 49.4 Å². The summed E-state index contributed by atoms with van der Waals surface area (Å²) in [5.41, 5.74) is 2.22. The smallest absolute Gasteiger partial charge is 0.264 e. The molecule has 0 aliphatic rings. The highest BCUT2D eigenvalue weighted by Crippen LogP contribution is 2.34. The van der Waals surface area contributed by atoms with Crippen LogP contribution in [0.2, 0.25) is 0 Å². The number of amides is 1. The number of anilines is 1. The van der Waals surface area contributed by atoms with Crippen molar-refractivity contribution in [3.63, 3.8) is 0 Å². The number of pyridine rings is 1. The number of aromatic nitrogens is 2. The predicted octanol–water partition coefficient (Wildman–Crippen LogP) is 4.95. The average molecular weight is 420 g/mol. The van der Waals surface area contributed by atoms with E-state index >= 15 is 0 Å². The highest BCUT2D eigenvalue weighted by molar-refractivity contribution is 7.22. The summed E-state index contributed by atoms with van der Waals surface area (Å²) in [5, 5.41) is 0.610. The van der Waals surface area contributed by atoms with E-state index < -0.39 is 0 Å². The SMILES string of the molecule is CCOc1ccc2nc(N(Cc3cccnc3)C(=O)c3ccccc3OC)sc2c1. The molecule has 6 nitrogen and oxygen atoms in total. The van der Waals surface area contributed by atoms with Crippen molar-refractivity contribution >= 4 is 32.6 Å². The van der Waals surface area contributed by atoms with E-state index in [2.05, 4.69) is 4.98 Å². The number of para-hydroxylation sites is 1. The van der Waals surface area contributed by atoms with Crippen LogP contribution in [0.3, 0.4) is 0 Å². The fourth-order valence-corrected chi connectivity index (χ4v) is 4.12. The minimum Gasteiger partial charge on any atom is -0.496 e. The molecule has 0 spiro atoms. The van der Waals surface area contributed by atoms with Gasteiger partial charge in [0.25, 0.3) is 5.91 Å². The summed E-state index contributed by atoms with van der Waals surface area (Å²) < 4.78 is 12.0. The first-order valence-corrected chi connectivity index (χ1v) is 10.4. The van der Waals surface area contributed by atoms with Gasteiger partial charge in [-0.05, 0) is 48.9 Å². The van der Waals surface area contributed by atoms with Crippen LogP contribution in [0.4, 0.5) is 5.13 Å². The van der Waals surface area contributed by atoms with Gasteiger partial charge in [0.1, 0.15) is 11.5 Å². The third-order valence-corrected chi connectivity index (χ3v) is 5.58. The average Bonchev–Trinajstić information content (AvgIpc) is 3.21. The number of benzene rings is 2. The van der Waals surface area contributed by atoms with Gasteiger partial charge < -0.3 is 9.47 Å². The topological polar surface area (TPSA) is 64.5 Å². The molecule has 2 aromatic heterocycles. The van der Waals surface area contributed by atoms with E-state index in [4.69, 9.17) is 14.5 Å². The Balaban J connectivity index is 1.77. The Morgan fingerprint density at radius 1 is 1.13 bits per heavy atom. The van der Waals surface area contributed by atoms with Crippen molar-refractivity contribution < 1.29 is 14.3 Å². The molecule has 30 heavy (non-hydrogen) atoms. The van der Waals surface area contributed by atoms with E-state index in [0.29, 0.717) is 29.6 Å². The molecule has 0 unspecified atom stereocenters. The van der Waals surface area contributed by atoms with Crippen LogP contribution in [-0.4, -0.2) is 29.6 Å². The molecule has 0 bridgehead atoms. The van der Waals surface area contributed by atoms with Gasteiger partial charge in [0.15, 0.2) is 5.13 Å². The summed E-state index contributed by atoms with van der Waals surface area (Å²) in [6.07, 6.45) is 3.46. The minimum atomic E-state index is -0.180. The molecule has 0 aliphatic carbocycles. The lowest BCUT2D eigenvalue weighted by atomic mass is 10.1. The van der Waals surface area contributed by atoms with E-state index in [9.17, 15) is 4.79 Å². The second-order valence-electron chi connectivity index (χ2n) is 6.51. The Morgan fingerprint density at radius 3 is 2.77 bits per heavy atom. The third kappa shape index (κ3) is 4.11. The van der Waals surface area contributed by atoms with Crippen molar-refractivity contribution in [2.45, 2.75) is 13.5 Å². The number of fused-ring (bicyclic) bond motifs is 1. The number of methoxy groups -OCH3 is 1. The molecule has 2 aromatic carbocycles. The molecule has 0 aliphatic heterocycles. The van der Waals surface area contributed by atoms with Crippen molar-refractivity contribution in [2.75, 3.05) is 18.6 Å². The number of carbonyl (C=O) groups is 1. The van der Waals surface area contributed by atoms with E-state index in [-0.39, 0.29) is 5.91 Å². The fraction of sp³-hybridized carbons (Fsp3) is 0.174. The zero-order chi connectivity index (χ0) is 20.9. The molecule has 0 saturated heterocycles. The molecule has 0 fully saturated rings. The summed E-state index contributed by atoms with van der Waals surface area (Å²) >= 11 is 1.45. The summed E-state index contributed by atoms with van der Waals surface area (Å²) in [6.45, 7) is 2.89. The van der Waals surface area contributed by atoms with Crippen LogP contribution in [0.25, 0.3) is 10.2 Å². The number of hydrogen-bond acceptors (Lipinski definition) is 6. The van der Waals surface area contributed by atoms with Gasteiger partial charge in [0, 0.05) is 12.4 Å². The molecular weight excluding hydrogens is 398 g/mol. The number of thiazole rings is 1. The Hall–Kier alpha value is -3.45. The summed E-state index contributed by atoms with van der Waals surface area (Å²) in [6, 6.07) is 16.8. The first kappa shape index (κ1) is 19.8. The Morgan fingerprint density at radius 2 is 2.00 bits per heavy atom. The molecule has 0 N–H and O–H groups in total. The van der Waals surface area contributed by atoms with Crippen LogP contribution >= 0.6 is 11.3 Å². The largest absolute Gasteiger partial charge is 0.496 e. The lowest BCUT2D eigenvalue weighted by molar-refractivity contribution is 0.0982. The van der Waals surface area contributed by atoms with Gasteiger partial charge in [-0.25, -0.2) is 4.98 Å². The van der Waals surface area contributed by atoms with Gasteiger partial charge in [-0.15, -0.1) is 0 Å². The van der Waals surface area contributed by atoms with Crippen molar-refractivity contribution in [1.82, 2.24) is 9.97 Å². The molecule has 2 heterocycles. The van der Waals surface area contributed by atoms with Crippen LogP contribution in [-0.2, 0) is 6.54 Å². The van der Waals surface area contributed by atoms with Crippen LogP contribution in [0.5, 0.6) is 11.5 Å². The number of rotatable bonds is 7. The predicted molar refractivity (Wildman–Crippen MR) is 119 cm³/mol.